The zero-order valence-electron chi connectivity index (χ0n) is 8.00. The van der Waals surface area contributed by atoms with Crippen molar-refractivity contribution in [3.8, 4) is 0 Å². The molecule has 0 unspecified atom stereocenters. The Balaban J connectivity index is 0.000000132. The first-order valence-corrected chi connectivity index (χ1v) is 3.99. The Bertz CT molecular complexity index is 319. The predicted octanol–water partition coefficient (Wildman–Crippen LogP) is 1.14. The lowest BCUT2D eigenvalue weighted by Gasteiger charge is -1.68. The Morgan fingerprint density at radius 1 is 1.15 bits per heavy atom. The molecule has 0 atom stereocenters. The summed E-state index contributed by atoms with van der Waals surface area (Å²) in [5.74, 6) is 0.856. The van der Waals surface area contributed by atoms with Gasteiger partial charge in [-0.2, -0.15) is 10.2 Å². The first-order chi connectivity index (χ1) is 6.18. The molecule has 0 saturated carbocycles. The van der Waals surface area contributed by atoms with Crippen LogP contribution < -0.4 is 0 Å². The molecule has 2 N–H and O–H groups in total. The molecule has 0 saturated heterocycles. The van der Waals surface area contributed by atoms with Crippen LogP contribution in [0.3, 0.4) is 0 Å². The molecule has 0 radical (unpaired) electrons. The molecule has 0 amide bonds. The predicted molar refractivity (Wildman–Crippen MR) is 49.2 cm³/mol. The second-order valence-electron chi connectivity index (χ2n) is 2.76. The van der Waals surface area contributed by atoms with Gasteiger partial charge in [0.05, 0.1) is 5.69 Å². The lowest BCUT2D eigenvalue weighted by Crippen LogP contribution is -1.68. The molecule has 0 aliphatic rings. The maximum atomic E-state index is 3.89. The van der Waals surface area contributed by atoms with E-state index in [1.54, 1.807) is 0 Å². The molecule has 0 aliphatic carbocycles. The van der Waals surface area contributed by atoms with Crippen molar-refractivity contribution in [2.45, 2.75) is 20.8 Å². The summed E-state index contributed by atoms with van der Waals surface area (Å²) in [6.45, 7) is 5.80. The summed E-state index contributed by atoms with van der Waals surface area (Å²) < 4.78 is 0. The average Bonchev–Trinajstić information content (AvgIpc) is 2.64. The topological polar surface area (TPSA) is 70.2 Å². The number of aromatic nitrogens is 5. The van der Waals surface area contributed by atoms with Crippen molar-refractivity contribution in [2.24, 2.45) is 0 Å². The van der Waals surface area contributed by atoms with Gasteiger partial charge in [-0.3, -0.25) is 10.2 Å². The van der Waals surface area contributed by atoms with Gasteiger partial charge in [0, 0.05) is 5.69 Å². The number of hydrogen-bond acceptors (Lipinski definition) is 3. The second-order valence-corrected chi connectivity index (χ2v) is 2.76. The number of rotatable bonds is 0. The maximum absolute atomic E-state index is 3.89. The highest BCUT2D eigenvalue weighted by molar-refractivity contribution is 5.03. The zero-order chi connectivity index (χ0) is 9.68. The van der Waals surface area contributed by atoms with E-state index in [1.165, 1.54) is 6.33 Å². The third-order valence-electron chi connectivity index (χ3n) is 1.37. The summed E-state index contributed by atoms with van der Waals surface area (Å²) >= 11 is 0. The lowest BCUT2D eigenvalue weighted by molar-refractivity contribution is 1.02. The Labute approximate surface area is 76.6 Å². The van der Waals surface area contributed by atoms with Gasteiger partial charge in [-0.15, -0.1) is 0 Å². The molecule has 0 spiro atoms. The van der Waals surface area contributed by atoms with Gasteiger partial charge in [-0.25, -0.2) is 4.98 Å². The molecular formula is C8H13N5. The highest BCUT2D eigenvalue weighted by Crippen LogP contribution is 1.92. The van der Waals surface area contributed by atoms with Crippen molar-refractivity contribution >= 4 is 0 Å². The number of hydrogen-bond donors (Lipinski definition) is 2. The van der Waals surface area contributed by atoms with Crippen molar-refractivity contribution in [1.29, 1.82) is 0 Å². The van der Waals surface area contributed by atoms with E-state index in [9.17, 15) is 0 Å². The molecule has 5 heteroatoms. The molecule has 70 valence electrons. The highest BCUT2D eigenvalue weighted by Gasteiger charge is 1.84. The van der Waals surface area contributed by atoms with Crippen molar-refractivity contribution in [3.63, 3.8) is 0 Å². The molecular weight excluding hydrogens is 166 g/mol. The van der Waals surface area contributed by atoms with Crippen LogP contribution in [0.1, 0.15) is 17.2 Å². The zero-order valence-corrected chi connectivity index (χ0v) is 8.00. The van der Waals surface area contributed by atoms with Crippen LogP contribution in [0.4, 0.5) is 0 Å². The third-order valence-corrected chi connectivity index (χ3v) is 1.37. The summed E-state index contributed by atoms with van der Waals surface area (Å²) in [6.07, 6.45) is 1.48. The van der Waals surface area contributed by atoms with E-state index in [2.05, 4.69) is 25.4 Å². The molecule has 2 rings (SSSR count). The SMILES string of the molecule is Cc1cc(C)[nH]n1.Cc1ncn[nH]1. The number of nitrogens with zero attached hydrogens (tertiary/aromatic N) is 3. The molecule has 0 fully saturated rings. The largest absolute Gasteiger partial charge is 0.283 e. The van der Waals surface area contributed by atoms with E-state index in [-0.39, 0.29) is 0 Å². The monoisotopic (exact) mass is 179 g/mol. The van der Waals surface area contributed by atoms with Crippen molar-refractivity contribution in [3.05, 3.63) is 29.6 Å². The Morgan fingerprint density at radius 3 is 2.08 bits per heavy atom. The van der Waals surface area contributed by atoms with Crippen LogP contribution in [0.5, 0.6) is 0 Å². The van der Waals surface area contributed by atoms with Crippen LogP contribution >= 0.6 is 0 Å². The average molecular weight is 179 g/mol. The van der Waals surface area contributed by atoms with Gasteiger partial charge in [0.25, 0.3) is 0 Å². The number of aryl methyl sites for hydroxylation is 3. The molecule has 0 bridgehead atoms. The Hall–Kier alpha value is -1.65. The molecule has 0 aromatic carbocycles. The third kappa shape index (κ3) is 3.50. The van der Waals surface area contributed by atoms with Gasteiger partial charge < -0.3 is 0 Å². The number of nitrogens with one attached hydrogen (secondary N) is 2. The minimum Gasteiger partial charge on any atom is -0.283 e. The first-order valence-electron chi connectivity index (χ1n) is 3.99. The number of H-pyrrole nitrogens is 2. The summed E-state index contributed by atoms with van der Waals surface area (Å²) in [4.78, 5) is 3.75. The highest BCUT2D eigenvalue weighted by atomic mass is 15.2. The smallest absolute Gasteiger partial charge is 0.137 e. The van der Waals surface area contributed by atoms with Crippen LogP contribution in [0.15, 0.2) is 12.4 Å². The molecule has 13 heavy (non-hydrogen) atoms. The van der Waals surface area contributed by atoms with Gasteiger partial charge >= 0.3 is 0 Å². The van der Waals surface area contributed by atoms with E-state index < -0.39 is 0 Å². The fourth-order valence-electron chi connectivity index (χ4n) is 0.821. The van der Waals surface area contributed by atoms with Gasteiger partial charge in [0.1, 0.15) is 12.2 Å². The van der Waals surface area contributed by atoms with E-state index in [4.69, 9.17) is 0 Å². The molecule has 2 aromatic rings. The van der Waals surface area contributed by atoms with Gasteiger partial charge in [-0.05, 0) is 26.8 Å². The second kappa shape index (κ2) is 4.39. The van der Waals surface area contributed by atoms with Gasteiger partial charge in [-0.1, -0.05) is 0 Å². The van der Waals surface area contributed by atoms with Gasteiger partial charge in [0.15, 0.2) is 0 Å². The summed E-state index contributed by atoms with van der Waals surface area (Å²) in [5.41, 5.74) is 2.18. The van der Waals surface area contributed by atoms with Crippen LogP contribution in [-0.4, -0.2) is 25.4 Å². The Morgan fingerprint density at radius 2 is 1.92 bits per heavy atom. The first kappa shape index (κ1) is 9.44. The minimum atomic E-state index is 0.856. The quantitative estimate of drug-likeness (QED) is 0.637. The van der Waals surface area contributed by atoms with E-state index in [0.717, 1.165) is 17.2 Å². The van der Waals surface area contributed by atoms with Crippen molar-refractivity contribution < 1.29 is 0 Å². The van der Waals surface area contributed by atoms with Crippen molar-refractivity contribution in [2.75, 3.05) is 0 Å². The molecule has 2 heterocycles. The van der Waals surface area contributed by atoms with Crippen LogP contribution in [0.2, 0.25) is 0 Å². The van der Waals surface area contributed by atoms with E-state index in [0.29, 0.717) is 0 Å². The number of aromatic amines is 2. The van der Waals surface area contributed by atoms with Crippen LogP contribution in [-0.2, 0) is 0 Å². The standard InChI is InChI=1S/C5H8N2.C3H5N3/c1-4-3-5(2)7-6-4;1-3-4-2-5-6-3/h3H,1-2H3,(H,6,7);2H,1H3,(H,4,5,6). The van der Waals surface area contributed by atoms with E-state index >= 15 is 0 Å². The summed E-state index contributed by atoms with van der Waals surface area (Å²) in [5, 5.41) is 12.9. The minimum absolute atomic E-state index is 0.856. The van der Waals surface area contributed by atoms with Crippen LogP contribution in [0, 0.1) is 20.8 Å². The lowest BCUT2D eigenvalue weighted by atomic mass is 10.4. The Kier molecular flexibility index (Phi) is 3.19. The molecule has 2 aromatic heterocycles. The summed E-state index contributed by atoms with van der Waals surface area (Å²) in [6, 6.07) is 2.00. The van der Waals surface area contributed by atoms with Crippen molar-refractivity contribution in [1.82, 2.24) is 25.4 Å². The van der Waals surface area contributed by atoms with Gasteiger partial charge in [0.2, 0.25) is 0 Å². The fourth-order valence-corrected chi connectivity index (χ4v) is 0.821. The normalized spacial score (nSPS) is 9.15. The van der Waals surface area contributed by atoms with E-state index in [1.807, 2.05) is 26.8 Å². The fraction of sp³-hybridized carbons (Fsp3) is 0.375. The molecule has 5 nitrogen and oxygen atoms in total. The van der Waals surface area contributed by atoms with Crippen LogP contribution in [0.25, 0.3) is 0 Å². The molecule has 0 aliphatic heterocycles. The maximum Gasteiger partial charge on any atom is 0.137 e. The summed E-state index contributed by atoms with van der Waals surface area (Å²) in [7, 11) is 0.